The Balaban J connectivity index is 1.74. The number of benzene rings is 3. The van der Waals surface area contributed by atoms with Gasteiger partial charge in [-0.2, -0.15) is 0 Å². The lowest BCUT2D eigenvalue weighted by molar-refractivity contribution is 0.0977. The van der Waals surface area contributed by atoms with Gasteiger partial charge in [0.25, 0.3) is 21.8 Å². The highest BCUT2D eigenvalue weighted by Gasteiger charge is 2.21. The highest BCUT2D eigenvalue weighted by Crippen LogP contribution is 2.23. The Morgan fingerprint density at radius 1 is 0.871 bits per heavy atom. The summed E-state index contributed by atoms with van der Waals surface area (Å²) in [5.74, 6) is -1.07. The van der Waals surface area contributed by atoms with Gasteiger partial charge in [0.1, 0.15) is 5.75 Å². The second-order valence-corrected chi connectivity index (χ2v) is 8.76. The molecule has 0 atom stereocenters. The standard InChI is InChI=1S/C21H16Cl2N2O5S/c1-30-19-5-3-2-4-17(19)21(27)25-31(28,29)15-9-7-14(8-10-15)24-20(26)16-11-6-13(22)12-18(16)23/h2-12H,1H3,(H,24,26)(H,25,27). The number of halogens is 2. The normalized spacial score (nSPS) is 10.9. The second-order valence-electron chi connectivity index (χ2n) is 6.24. The van der Waals surface area contributed by atoms with E-state index in [1.165, 1.54) is 55.6 Å². The van der Waals surface area contributed by atoms with E-state index < -0.39 is 21.8 Å². The largest absolute Gasteiger partial charge is 0.496 e. The van der Waals surface area contributed by atoms with Crippen molar-refractivity contribution >= 4 is 50.7 Å². The maximum atomic E-state index is 12.6. The van der Waals surface area contributed by atoms with Gasteiger partial charge in [0.15, 0.2) is 0 Å². The van der Waals surface area contributed by atoms with Gasteiger partial charge in [-0.3, -0.25) is 9.59 Å². The Hall–Kier alpha value is -3.07. The topological polar surface area (TPSA) is 102 Å². The monoisotopic (exact) mass is 478 g/mol. The predicted molar refractivity (Wildman–Crippen MR) is 119 cm³/mol. The minimum atomic E-state index is -4.15. The first-order valence-electron chi connectivity index (χ1n) is 8.78. The van der Waals surface area contributed by atoms with Crippen LogP contribution in [0, 0.1) is 0 Å². The summed E-state index contributed by atoms with van der Waals surface area (Å²) in [5.41, 5.74) is 0.634. The zero-order valence-electron chi connectivity index (χ0n) is 16.1. The molecular formula is C21H16Cl2N2O5S. The number of amides is 2. The van der Waals surface area contributed by atoms with E-state index in [1.807, 2.05) is 4.72 Å². The van der Waals surface area contributed by atoms with E-state index in [0.717, 1.165) is 0 Å². The Morgan fingerprint density at radius 2 is 1.55 bits per heavy atom. The molecule has 0 spiro atoms. The first-order chi connectivity index (χ1) is 14.7. The van der Waals surface area contributed by atoms with Crippen molar-refractivity contribution in [3.63, 3.8) is 0 Å². The lowest BCUT2D eigenvalue weighted by Crippen LogP contribution is -2.30. The van der Waals surface area contributed by atoms with Crippen LogP contribution in [0.2, 0.25) is 10.0 Å². The van der Waals surface area contributed by atoms with Crippen LogP contribution in [0.25, 0.3) is 0 Å². The number of para-hydroxylation sites is 1. The summed E-state index contributed by atoms with van der Waals surface area (Å²) in [6.45, 7) is 0. The third-order valence-electron chi connectivity index (χ3n) is 4.18. The number of sulfonamides is 1. The van der Waals surface area contributed by atoms with Gasteiger partial charge in [0.2, 0.25) is 0 Å². The van der Waals surface area contributed by atoms with Crippen LogP contribution in [-0.2, 0) is 10.0 Å². The summed E-state index contributed by atoms with van der Waals surface area (Å²) in [6.07, 6.45) is 0. The van der Waals surface area contributed by atoms with Gasteiger partial charge in [0, 0.05) is 10.7 Å². The summed E-state index contributed by atoms with van der Waals surface area (Å²) >= 11 is 11.8. The summed E-state index contributed by atoms with van der Waals surface area (Å²) in [6, 6.07) is 16.0. The van der Waals surface area contributed by atoms with Gasteiger partial charge in [0.05, 0.1) is 28.2 Å². The molecule has 3 aromatic rings. The van der Waals surface area contributed by atoms with Crippen molar-refractivity contribution < 1.29 is 22.7 Å². The number of methoxy groups -OCH3 is 1. The molecule has 0 aromatic heterocycles. The van der Waals surface area contributed by atoms with Crippen molar-refractivity contribution in [1.82, 2.24) is 4.72 Å². The fourth-order valence-corrected chi connectivity index (χ4v) is 4.12. The van der Waals surface area contributed by atoms with Gasteiger partial charge in [-0.15, -0.1) is 0 Å². The van der Waals surface area contributed by atoms with E-state index in [1.54, 1.807) is 18.2 Å². The number of nitrogens with one attached hydrogen (secondary N) is 2. The predicted octanol–water partition coefficient (Wildman–Crippen LogP) is 4.37. The maximum Gasteiger partial charge on any atom is 0.268 e. The maximum absolute atomic E-state index is 12.6. The lowest BCUT2D eigenvalue weighted by atomic mass is 10.2. The average Bonchev–Trinajstić information content (AvgIpc) is 2.73. The molecule has 2 amide bonds. The first kappa shape index (κ1) is 22.6. The van der Waals surface area contributed by atoms with Crippen LogP contribution in [-0.4, -0.2) is 27.3 Å². The van der Waals surface area contributed by atoms with Crippen molar-refractivity contribution in [3.8, 4) is 5.75 Å². The Bertz CT molecular complexity index is 1240. The van der Waals surface area contributed by atoms with Crippen molar-refractivity contribution in [3.05, 3.63) is 87.9 Å². The Morgan fingerprint density at radius 3 is 2.19 bits per heavy atom. The molecule has 0 aliphatic carbocycles. The number of anilines is 1. The van der Waals surface area contributed by atoms with Crippen molar-refractivity contribution in [2.75, 3.05) is 12.4 Å². The number of hydrogen-bond donors (Lipinski definition) is 2. The summed E-state index contributed by atoms with van der Waals surface area (Å²) in [5, 5.41) is 3.19. The van der Waals surface area contributed by atoms with Crippen molar-refractivity contribution in [2.45, 2.75) is 4.90 Å². The van der Waals surface area contributed by atoms with Gasteiger partial charge in [-0.1, -0.05) is 35.3 Å². The van der Waals surface area contributed by atoms with Gasteiger partial charge in [-0.25, -0.2) is 13.1 Å². The summed E-state index contributed by atoms with van der Waals surface area (Å²) < 4.78 is 32.2. The minimum Gasteiger partial charge on any atom is -0.496 e. The van der Waals surface area contributed by atoms with Crippen LogP contribution >= 0.6 is 23.2 Å². The van der Waals surface area contributed by atoms with Gasteiger partial charge in [-0.05, 0) is 54.6 Å². The van der Waals surface area contributed by atoms with Crippen molar-refractivity contribution in [2.24, 2.45) is 0 Å². The van der Waals surface area contributed by atoms with Crippen LogP contribution in [0.1, 0.15) is 20.7 Å². The highest BCUT2D eigenvalue weighted by atomic mass is 35.5. The molecule has 0 bridgehead atoms. The fraction of sp³-hybridized carbons (Fsp3) is 0.0476. The van der Waals surface area contributed by atoms with Gasteiger partial charge >= 0.3 is 0 Å². The Kier molecular flexibility index (Phi) is 6.84. The molecule has 0 aliphatic rings. The minimum absolute atomic E-state index is 0.0808. The zero-order valence-corrected chi connectivity index (χ0v) is 18.4. The smallest absolute Gasteiger partial charge is 0.268 e. The van der Waals surface area contributed by atoms with E-state index in [-0.39, 0.29) is 26.8 Å². The van der Waals surface area contributed by atoms with E-state index in [4.69, 9.17) is 27.9 Å². The molecule has 0 fully saturated rings. The van der Waals surface area contributed by atoms with Crippen LogP contribution < -0.4 is 14.8 Å². The van der Waals surface area contributed by atoms with Crippen LogP contribution in [0.15, 0.2) is 71.6 Å². The van der Waals surface area contributed by atoms with E-state index >= 15 is 0 Å². The third-order valence-corrected chi connectivity index (χ3v) is 6.07. The molecule has 2 N–H and O–H groups in total. The molecule has 0 saturated carbocycles. The molecule has 0 unspecified atom stereocenters. The highest BCUT2D eigenvalue weighted by molar-refractivity contribution is 7.90. The molecule has 0 heterocycles. The van der Waals surface area contributed by atoms with Crippen molar-refractivity contribution in [1.29, 1.82) is 0 Å². The average molecular weight is 479 g/mol. The number of rotatable bonds is 6. The Labute approximate surface area is 189 Å². The summed E-state index contributed by atoms with van der Waals surface area (Å²) in [4.78, 5) is 24.6. The quantitative estimate of drug-likeness (QED) is 0.547. The second kappa shape index (κ2) is 9.38. The first-order valence-corrected chi connectivity index (χ1v) is 11.0. The van der Waals surface area contributed by atoms with E-state index in [2.05, 4.69) is 5.32 Å². The van der Waals surface area contributed by atoms with E-state index in [9.17, 15) is 18.0 Å². The van der Waals surface area contributed by atoms with Gasteiger partial charge < -0.3 is 10.1 Å². The number of carbonyl (C=O) groups excluding carboxylic acids is 2. The zero-order chi connectivity index (χ0) is 22.6. The molecule has 0 aliphatic heterocycles. The number of hydrogen-bond acceptors (Lipinski definition) is 5. The number of carbonyl (C=O) groups is 2. The molecular weight excluding hydrogens is 463 g/mol. The molecule has 0 radical (unpaired) electrons. The lowest BCUT2D eigenvalue weighted by Gasteiger charge is -2.11. The molecule has 160 valence electrons. The third kappa shape index (κ3) is 5.35. The van der Waals surface area contributed by atoms with Crippen LogP contribution in [0.3, 0.4) is 0 Å². The molecule has 3 aromatic carbocycles. The van der Waals surface area contributed by atoms with Crippen LogP contribution in [0.5, 0.6) is 5.75 Å². The molecule has 10 heteroatoms. The SMILES string of the molecule is COc1ccccc1C(=O)NS(=O)(=O)c1ccc(NC(=O)c2ccc(Cl)cc2Cl)cc1. The number of ether oxygens (including phenoxy) is 1. The molecule has 3 rings (SSSR count). The van der Waals surface area contributed by atoms with Crippen LogP contribution in [0.4, 0.5) is 5.69 Å². The molecule has 0 saturated heterocycles. The van der Waals surface area contributed by atoms with E-state index in [0.29, 0.717) is 10.7 Å². The molecule has 7 nitrogen and oxygen atoms in total. The fourth-order valence-electron chi connectivity index (χ4n) is 2.66. The molecule has 31 heavy (non-hydrogen) atoms. The summed E-state index contributed by atoms with van der Waals surface area (Å²) in [7, 11) is -2.77.